The third-order valence-corrected chi connectivity index (χ3v) is 4.13. The van der Waals surface area contributed by atoms with Crippen LogP contribution in [0.15, 0.2) is 22.8 Å². The minimum atomic E-state index is -4.35. The van der Waals surface area contributed by atoms with Gasteiger partial charge in [0, 0.05) is 0 Å². The van der Waals surface area contributed by atoms with Gasteiger partial charge in [-0.25, -0.2) is 4.68 Å². The molecule has 9 heteroatoms. The average molecular weight is 329 g/mol. The maximum absolute atomic E-state index is 12.6. The van der Waals surface area contributed by atoms with Gasteiger partial charge in [-0.05, 0) is 47.9 Å². The summed E-state index contributed by atoms with van der Waals surface area (Å²) in [7, 11) is 0. The van der Waals surface area contributed by atoms with Crippen molar-refractivity contribution in [2.75, 3.05) is 6.54 Å². The monoisotopic (exact) mass is 329 g/mol. The summed E-state index contributed by atoms with van der Waals surface area (Å²) < 4.78 is 44.1. The smallest absolute Gasteiger partial charge is 0.408 e. The van der Waals surface area contributed by atoms with Gasteiger partial charge < -0.3 is 4.42 Å². The van der Waals surface area contributed by atoms with E-state index in [2.05, 4.69) is 27.3 Å². The van der Waals surface area contributed by atoms with Crippen molar-refractivity contribution in [1.82, 2.24) is 25.1 Å². The zero-order valence-corrected chi connectivity index (χ0v) is 12.7. The molecule has 0 N–H and O–H groups in total. The van der Waals surface area contributed by atoms with E-state index in [1.807, 2.05) is 12.1 Å². The molecule has 0 radical (unpaired) electrons. The summed E-state index contributed by atoms with van der Waals surface area (Å²) in [5.74, 6) is 1.58. The fraction of sp³-hybridized carbons (Fsp3) is 0.643. The number of nitrogens with zero attached hydrogens (tertiary/aromatic N) is 5. The Bertz CT molecular complexity index is 625. The average Bonchev–Trinajstić information content (AvgIpc) is 3.11. The summed E-state index contributed by atoms with van der Waals surface area (Å²) in [6, 6.07) is 3.75. The number of furan rings is 1. The first-order chi connectivity index (χ1) is 10.9. The fourth-order valence-electron chi connectivity index (χ4n) is 2.97. The Kier molecular flexibility index (Phi) is 4.38. The van der Waals surface area contributed by atoms with Crippen LogP contribution in [0.25, 0.3) is 0 Å². The number of rotatable bonds is 4. The van der Waals surface area contributed by atoms with Gasteiger partial charge in [0.1, 0.15) is 12.3 Å². The number of tetrazole rings is 1. The highest BCUT2D eigenvalue weighted by Gasteiger charge is 2.33. The van der Waals surface area contributed by atoms with Gasteiger partial charge in [-0.15, -0.1) is 5.10 Å². The molecule has 126 valence electrons. The van der Waals surface area contributed by atoms with Gasteiger partial charge >= 0.3 is 6.18 Å². The molecular formula is C14H18F3N5O. The molecule has 2 aromatic rings. The lowest BCUT2D eigenvalue weighted by Crippen LogP contribution is -2.36. The molecular weight excluding hydrogens is 311 g/mol. The number of hydrogen-bond donors (Lipinski definition) is 0. The first-order valence-electron chi connectivity index (χ1n) is 7.51. The molecule has 3 heterocycles. The van der Waals surface area contributed by atoms with Crippen molar-refractivity contribution in [3.63, 3.8) is 0 Å². The summed E-state index contributed by atoms with van der Waals surface area (Å²) >= 11 is 0. The second-order valence-corrected chi connectivity index (χ2v) is 6.00. The van der Waals surface area contributed by atoms with Gasteiger partial charge in [0.15, 0.2) is 5.82 Å². The molecule has 1 saturated heterocycles. The van der Waals surface area contributed by atoms with Crippen molar-refractivity contribution in [1.29, 1.82) is 0 Å². The zero-order chi connectivity index (χ0) is 16.4. The number of likely N-dealkylation sites (tertiary alicyclic amines) is 1. The normalized spacial score (nSPS) is 23.3. The maximum atomic E-state index is 12.6. The predicted octanol–water partition coefficient (Wildman–Crippen LogP) is 2.80. The van der Waals surface area contributed by atoms with Crippen LogP contribution in [0.1, 0.15) is 37.4 Å². The number of hydrogen-bond acceptors (Lipinski definition) is 5. The number of aromatic nitrogens is 4. The molecule has 6 nitrogen and oxygen atoms in total. The van der Waals surface area contributed by atoms with Crippen molar-refractivity contribution in [2.45, 2.75) is 45.1 Å². The number of piperidine rings is 1. The molecule has 0 bridgehead atoms. The van der Waals surface area contributed by atoms with Gasteiger partial charge in [-0.3, -0.25) is 4.90 Å². The van der Waals surface area contributed by atoms with Gasteiger partial charge in [0.25, 0.3) is 0 Å². The third-order valence-electron chi connectivity index (χ3n) is 4.13. The third kappa shape index (κ3) is 3.90. The molecule has 23 heavy (non-hydrogen) atoms. The summed E-state index contributed by atoms with van der Waals surface area (Å²) in [6.45, 7) is 2.03. The Hall–Kier alpha value is -1.90. The van der Waals surface area contributed by atoms with Crippen LogP contribution >= 0.6 is 0 Å². The van der Waals surface area contributed by atoms with Crippen LogP contribution in [0.5, 0.6) is 0 Å². The quantitative estimate of drug-likeness (QED) is 0.863. The first-order valence-corrected chi connectivity index (χ1v) is 7.51. The molecule has 0 saturated carbocycles. The van der Waals surface area contributed by atoms with E-state index < -0.39 is 12.7 Å². The fourth-order valence-corrected chi connectivity index (χ4v) is 2.97. The van der Waals surface area contributed by atoms with Crippen molar-refractivity contribution < 1.29 is 17.6 Å². The second kappa shape index (κ2) is 6.31. The molecule has 1 aliphatic rings. The van der Waals surface area contributed by atoms with Gasteiger partial charge in [-0.1, -0.05) is 6.92 Å². The first kappa shape index (κ1) is 16.0. The van der Waals surface area contributed by atoms with Crippen molar-refractivity contribution in [2.24, 2.45) is 5.92 Å². The van der Waals surface area contributed by atoms with Gasteiger partial charge in [0.2, 0.25) is 0 Å². The molecule has 1 aliphatic heterocycles. The Labute approximate surface area is 131 Å². The van der Waals surface area contributed by atoms with E-state index in [0.29, 0.717) is 5.92 Å². The molecule has 0 spiro atoms. The largest absolute Gasteiger partial charge is 0.468 e. The van der Waals surface area contributed by atoms with Crippen LogP contribution in [0.4, 0.5) is 13.2 Å². The zero-order valence-electron chi connectivity index (χ0n) is 12.7. The van der Waals surface area contributed by atoms with Crippen LogP contribution in [0.2, 0.25) is 0 Å². The predicted molar refractivity (Wildman–Crippen MR) is 74.1 cm³/mol. The Morgan fingerprint density at radius 1 is 1.39 bits per heavy atom. The lowest BCUT2D eigenvalue weighted by molar-refractivity contribution is -0.143. The number of alkyl halides is 3. The summed E-state index contributed by atoms with van der Waals surface area (Å²) in [5.41, 5.74) is 0. The molecule has 0 aromatic carbocycles. The van der Waals surface area contributed by atoms with E-state index in [4.69, 9.17) is 4.42 Å². The van der Waals surface area contributed by atoms with E-state index >= 15 is 0 Å². The topological polar surface area (TPSA) is 60.0 Å². The molecule has 1 fully saturated rings. The van der Waals surface area contributed by atoms with Crippen LogP contribution in [0, 0.1) is 5.92 Å². The SMILES string of the molecule is CC1CCN(Cc2nnnn2CC(F)(F)F)C(c2ccco2)C1. The van der Waals surface area contributed by atoms with Crippen LogP contribution in [-0.4, -0.2) is 37.8 Å². The minimum absolute atomic E-state index is 0.0322. The molecule has 0 aliphatic carbocycles. The van der Waals surface area contributed by atoms with E-state index in [9.17, 15) is 13.2 Å². The van der Waals surface area contributed by atoms with E-state index in [0.717, 1.165) is 29.8 Å². The molecule has 2 aromatic heterocycles. The van der Waals surface area contributed by atoms with Crippen molar-refractivity contribution in [3.05, 3.63) is 30.0 Å². The lowest BCUT2D eigenvalue weighted by Gasteiger charge is -2.36. The summed E-state index contributed by atoms with van der Waals surface area (Å²) in [5, 5.41) is 10.6. The Balaban J connectivity index is 1.77. The maximum Gasteiger partial charge on any atom is 0.408 e. The van der Waals surface area contributed by atoms with E-state index in [1.165, 1.54) is 0 Å². The van der Waals surface area contributed by atoms with Crippen LogP contribution < -0.4 is 0 Å². The van der Waals surface area contributed by atoms with Crippen molar-refractivity contribution >= 4 is 0 Å². The molecule has 3 rings (SSSR count). The highest BCUT2D eigenvalue weighted by atomic mass is 19.4. The van der Waals surface area contributed by atoms with E-state index in [1.54, 1.807) is 6.26 Å². The summed E-state index contributed by atoms with van der Waals surface area (Å²) in [6.07, 6.45) is -0.853. The Morgan fingerprint density at radius 3 is 2.91 bits per heavy atom. The van der Waals surface area contributed by atoms with Crippen LogP contribution in [0.3, 0.4) is 0 Å². The van der Waals surface area contributed by atoms with Crippen LogP contribution in [-0.2, 0) is 13.1 Å². The lowest BCUT2D eigenvalue weighted by atomic mass is 9.91. The standard InChI is InChI=1S/C14H18F3N5O/c1-10-4-5-21(11(7-10)12-3-2-6-23-12)8-13-18-19-20-22(13)9-14(15,16)17/h2-3,6,10-11H,4-5,7-9H2,1H3. The second-order valence-electron chi connectivity index (χ2n) is 6.00. The highest BCUT2D eigenvalue weighted by Crippen LogP contribution is 2.35. The van der Waals surface area contributed by atoms with Gasteiger partial charge in [0.05, 0.1) is 18.8 Å². The molecule has 2 unspecified atom stereocenters. The van der Waals surface area contributed by atoms with E-state index in [-0.39, 0.29) is 18.4 Å². The molecule has 2 atom stereocenters. The Morgan fingerprint density at radius 2 is 2.22 bits per heavy atom. The molecule has 0 amide bonds. The van der Waals surface area contributed by atoms with Gasteiger partial charge in [-0.2, -0.15) is 13.2 Å². The van der Waals surface area contributed by atoms with Crippen molar-refractivity contribution in [3.8, 4) is 0 Å². The minimum Gasteiger partial charge on any atom is -0.468 e. The summed E-state index contributed by atoms with van der Waals surface area (Å²) in [4.78, 5) is 2.08. The highest BCUT2D eigenvalue weighted by molar-refractivity contribution is 5.06. The number of halogens is 3.